The van der Waals surface area contributed by atoms with Crippen LogP contribution in [0.15, 0.2) is 47.1 Å². The van der Waals surface area contributed by atoms with E-state index in [2.05, 4.69) is 22.1 Å². The lowest BCUT2D eigenvalue weighted by Crippen LogP contribution is -2.02. The van der Waals surface area contributed by atoms with Gasteiger partial charge in [-0.3, -0.25) is 4.40 Å². The summed E-state index contributed by atoms with van der Waals surface area (Å²) in [6, 6.07) is 11.6. The summed E-state index contributed by atoms with van der Waals surface area (Å²) < 4.78 is 13.1. The fourth-order valence-corrected chi connectivity index (χ4v) is 2.48. The zero-order valence-electron chi connectivity index (χ0n) is 12.1. The summed E-state index contributed by atoms with van der Waals surface area (Å²) in [5.74, 6) is 2.09. The van der Waals surface area contributed by atoms with Gasteiger partial charge in [-0.1, -0.05) is 19.1 Å². The molecule has 4 aromatic rings. The summed E-state index contributed by atoms with van der Waals surface area (Å²) in [7, 11) is 0. The van der Waals surface area contributed by atoms with Crippen LogP contribution in [0.4, 0.5) is 0 Å². The van der Waals surface area contributed by atoms with Gasteiger partial charge in [0.15, 0.2) is 0 Å². The molecule has 0 unspecified atom stereocenters. The maximum atomic E-state index is 5.80. The largest absolute Gasteiger partial charge is 0.467 e. The van der Waals surface area contributed by atoms with Crippen molar-refractivity contribution in [3.63, 3.8) is 0 Å². The minimum Gasteiger partial charge on any atom is -0.467 e. The van der Waals surface area contributed by atoms with Crippen LogP contribution in [-0.2, 0) is 13.0 Å². The molecule has 3 aromatic heterocycles. The van der Waals surface area contributed by atoms with E-state index in [4.69, 9.17) is 9.15 Å². The molecule has 0 aliphatic heterocycles. The molecule has 0 spiro atoms. The van der Waals surface area contributed by atoms with Gasteiger partial charge in [0.1, 0.15) is 18.2 Å². The van der Waals surface area contributed by atoms with Gasteiger partial charge in [0.05, 0.1) is 17.3 Å². The number of aromatic nitrogens is 4. The average molecular weight is 294 g/mol. The summed E-state index contributed by atoms with van der Waals surface area (Å²) in [6.07, 6.45) is 2.40. The highest BCUT2D eigenvalue weighted by Crippen LogP contribution is 2.24. The summed E-state index contributed by atoms with van der Waals surface area (Å²) in [5, 5.41) is 8.47. The predicted molar refractivity (Wildman–Crippen MR) is 80.7 cm³/mol. The Balaban J connectivity index is 1.87. The number of fused-ring (bicyclic) bond motifs is 3. The van der Waals surface area contributed by atoms with Crippen molar-refractivity contribution in [3.05, 3.63) is 54.2 Å². The van der Waals surface area contributed by atoms with E-state index in [1.165, 1.54) is 0 Å². The molecule has 22 heavy (non-hydrogen) atoms. The van der Waals surface area contributed by atoms with Crippen molar-refractivity contribution in [1.82, 2.24) is 19.6 Å². The lowest BCUT2D eigenvalue weighted by Gasteiger charge is -2.08. The molecule has 0 aliphatic rings. The lowest BCUT2D eigenvalue weighted by molar-refractivity contribution is 0.263. The molecule has 3 heterocycles. The van der Waals surface area contributed by atoms with Crippen LogP contribution in [0.1, 0.15) is 18.5 Å². The van der Waals surface area contributed by atoms with Crippen molar-refractivity contribution < 1.29 is 9.15 Å². The van der Waals surface area contributed by atoms with Crippen molar-refractivity contribution in [3.8, 4) is 5.88 Å². The minimum absolute atomic E-state index is 0.308. The fraction of sp³-hybridized carbons (Fsp3) is 0.188. The Kier molecular flexibility index (Phi) is 3.00. The van der Waals surface area contributed by atoms with E-state index in [-0.39, 0.29) is 0 Å². The summed E-state index contributed by atoms with van der Waals surface area (Å²) in [5.41, 5.74) is 2.45. The van der Waals surface area contributed by atoms with Gasteiger partial charge in [0.2, 0.25) is 5.65 Å². The van der Waals surface area contributed by atoms with Crippen molar-refractivity contribution in [2.75, 3.05) is 0 Å². The molecule has 1 aromatic carbocycles. The zero-order valence-corrected chi connectivity index (χ0v) is 12.1. The predicted octanol–water partition coefficient (Wildman–Crippen LogP) is 3.01. The van der Waals surface area contributed by atoms with Gasteiger partial charge in [-0.05, 0) is 24.3 Å². The summed E-state index contributed by atoms with van der Waals surface area (Å²) in [4.78, 5) is 4.56. The van der Waals surface area contributed by atoms with Crippen LogP contribution < -0.4 is 4.74 Å². The van der Waals surface area contributed by atoms with Gasteiger partial charge in [0.25, 0.3) is 5.88 Å². The fourth-order valence-electron chi connectivity index (χ4n) is 2.48. The molecule has 0 N–H and O–H groups in total. The number of ether oxygens (including phenoxy) is 1. The molecule has 6 nitrogen and oxygen atoms in total. The van der Waals surface area contributed by atoms with Crippen LogP contribution in [-0.4, -0.2) is 19.6 Å². The van der Waals surface area contributed by atoms with Crippen LogP contribution >= 0.6 is 0 Å². The first-order valence-corrected chi connectivity index (χ1v) is 7.14. The number of para-hydroxylation sites is 2. The molecule has 0 aliphatic carbocycles. The smallest absolute Gasteiger partial charge is 0.261 e. The average Bonchev–Trinajstić information content (AvgIpc) is 3.22. The molecule has 0 amide bonds. The first-order chi connectivity index (χ1) is 10.9. The maximum Gasteiger partial charge on any atom is 0.261 e. The number of hydrogen-bond donors (Lipinski definition) is 0. The van der Waals surface area contributed by atoms with Gasteiger partial charge in [-0.2, -0.15) is 0 Å². The highest BCUT2D eigenvalue weighted by atomic mass is 16.5. The van der Waals surface area contributed by atoms with Crippen molar-refractivity contribution in [2.24, 2.45) is 0 Å². The van der Waals surface area contributed by atoms with E-state index in [0.717, 1.165) is 29.0 Å². The van der Waals surface area contributed by atoms with Crippen molar-refractivity contribution in [2.45, 2.75) is 20.0 Å². The number of benzene rings is 1. The summed E-state index contributed by atoms with van der Waals surface area (Å²) in [6.45, 7) is 2.36. The standard InChI is InChI=1S/C16H14N4O2/c1-2-14-18-19-15-16(22-10-11-6-5-9-21-11)17-12-7-3-4-8-13(12)20(14)15/h3-9H,2,10H2,1H3. The van der Waals surface area contributed by atoms with E-state index >= 15 is 0 Å². The Hall–Kier alpha value is -2.89. The maximum absolute atomic E-state index is 5.80. The number of furan rings is 1. The number of hydrogen-bond acceptors (Lipinski definition) is 5. The van der Waals surface area contributed by atoms with E-state index in [9.17, 15) is 0 Å². The molecule has 6 heteroatoms. The van der Waals surface area contributed by atoms with Crippen LogP contribution in [0.3, 0.4) is 0 Å². The van der Waals surface area contributed by atoms with Crippen molar-refractivity contribution in [1.29, 1.82) is 0 Å². The topological polar surface area (TPSA) is 65.5 Å². The third kappa shape index (κ3) is 2.00. The first-order valence-electron chi connectivity index (χ1n) is 7.14. The molecule has 0 saturated heterocycles. The Bertz CT molecular complexity index is 928. The molecule has 0 fully saturated rings. The number of aryl methyl sites for hydroxylation is 1. The summed E-state index contributed by atoms with van der Waals surface area (Å²) >= 11 is 0. The van der Waals surface area contributed by atoms with Crippen LogP contribution in [0.25, 0.3) is 16.7 Å². The Morgan fingerprint density at radius 1 is 1.14 bits per heavy atom. The van der Waals surface area contributed by atoms with E-state index < -0.39 is 0 Å². The van der Waals surface area contributed by atoms with Crippen molar-refractivity contribution >= 4 is 16.7 Å². The quantitative estimate of drug-likeness (QED) is 0.579. The van der Waals surface area contributed by atoms with Gasteiger partial charge in [0, 0.05) is 6.42 Å². The highest BCUT2D eigenvalue weighted by molar-refractivity contribution is 5.79. The van der Waals surface area contributed by atoms with Crippen LogP contribution in [0.5, 0.6) is 5.88 Å². The molecule has 0 bridgehead atoms. The monoisotopic (exact) mass is 294 g/mol. The molecule has 4 rings (SSSR count). The Morgan fingerprint density at radius 3 is 2.86 bits per heavy atom. The molecular weight excluding hydrogens is 280 g/mol. The van der Waals surface area contributed by atoms with Crippen LogP contribution in [0, 0.1) is 0 Å². The molecule has 110 valence electrons. The molecule has 0 atom stereocenters. The third-order valence-electron chi connectivity index (χ3n) is 3.51. The van der Waals surface area contributed by atoms with E-state index in [1.54, 1.807) is 6.26 Å². The number of nitrogens with zero attached hydrogens (tertiary/aromatic N) is 4. The molecule has 0 saturated carbocycles. The highest BCUT2D eigenvalue weighted by Gasteiger charge is 2.15. The van der Waals surface area contributed by atoms with Gasteiger partial charge in [-0.15, -0.1) is 10.2 Å². The Morgan fingerprint density at radius 2 is 2.05 bits per heavy atom. The lowest BCUT2D eigenvalue weighted by atomic mass is 10.3. The van der Waals surface area contributed by atoms with E-state index in [0.29, 0.717) is 18.1 Å². The van der Waals surface area contributed by atoms with E-state index in [1.807, 2.05) is 40.8 Å². The first kappa shape index (κ1) is 12.8. The number of rotatable bonds is 4. The second-order valence-corrected chi connectivity index (χ2v) is 4.90. The van der Waals surface area contributed by atoms with Gasteiger partial charge >= 0.3 is 0 Å². The molecular formula is C16H14N4O2. The second kappa shape index (κ2) is 5.14. The third-order valence-corrected chi connectivity index (χ3v) is 3.51. The zero-order chi connectivity index (χ0) is 14.9. The Labute approximate surface area is 126 Å². The SMILES string of the molecule is CCc1nnc2c(OCc3ccco3)nc3ccccc3n12. The second-order valence-electron chi connectivity index (χ2n) is 4.90. The normalized spacial score (nSPS) is 11.3. The van der Waals surface area contributed by atoms with Crippen LogP contribution in [0.2, 0.25) is 0 Å². The molecule has 0 radical (unpaired) electrons. The van der Waals surface area contributed by atoms with Gasteiger partial charge in [-0.25, -0.2) is 4.98 Å². The minimum atomic E-state index is 0.308. The van der Waals surface area contributed by atoms with Gasteiger partial charge < -0.3 is 9.15 Å².